The third kappa shape index (κ3) is 5.17. The Balaban J connectivity index is 1.44. The van der Waals surface area contributed by atoms with E-state index in [1.807, 2.05) is 6.92 Å². The number of halogens is 4. The molecule has 0 bridgehead atoms. The number of alkyl halides is 3. The third-order valence-electron chi connectivity index (χ3n) is 5.94. The number of rotatable bonds is 6. The maximum Gasteiger partial charge on any atom is 0.417 e. The van der Waals surface area contributed by atoms with Crippen molar-refractivity contribution in [1.29, 1.82) is 5.26 Å². The molecule has 1 amide bonds. The van der Waals surface area contributed by atoms with Crippen LogP contribution in [-0.2, 0) is 6.18 Å². The number of anilines is 3. The van der Waals surface area contributed by atoms with E-state index in [0.29, 0.717) is 45.7 Å². The van der Waals surface area contributed by atoms with E-state index in [1.165, 1.54) is 23.1 Å². The Labute approximate surface area is 225 Å². The van der Waals surface area contributed by atoms with Crippen LogP contribution in [0, 0.1) is 18.3 Å². The minimum atomic E-state index is -4.72. The fourth-order valence-corrected chi connectivity index (χ4v) is 4.33. The molecule has 5 aromatic rings. The molecule has 40 heavy (non-hydrogen) atoms. The standard InChI is InChI=1S/C26H17F4N8OP/c1-14-4-6-17(36-25(39)15-5-7-19(26(27,28)29)16(9-15)11-31)10-20(14)37-23-18(3-2-8-32-23)21-22-24(34-12-33-21)38(40-30)13-35-22/h2-10,12-13,40H,1H3,(H,32,37)(H,36,39). The van der Waals surface area contributed by atoms with E-state index < -0.39 is 32.3 Å². The van der Waals surface area contributed by atoms with E-state index in [9.17, 15) is 22.2 Å². The van der Waals surface area contributed by atoms with Crippen molar-refractivity contribution in [1.82, 2.24) is 24.3 Å². The van der Waals surface area contributed by atoms with Crippen molar-refractivity contribution in [2.45, 2.75) is 13.1 Å². The van der Waals surface area contributed by atoms with Crippen LogP contribution in [0.5, 0.6) is 0 Å². The van der Waals surface area contributed by atoms with E-state index in [-0.39, 0.29) is 5.56 Å². The number of benzene rings is 2. The Kier molecular flexibility index (Phi) is 7.11. The van der Waals surface area contributed by atoms with Crippen LogP contribution in [0.15, 0.2) is 67.4 Å². The number of carbonyl (C=O) groups excluding carboxylic acids is 1. The van der Waals surface area contributed by atoms with E-state index in [4.69, 9.17) is 5.26 Å². The number of aromatic nitrogens is 5. The lowest BCUT2D eigenvalue weighted by Gasteiger charge is -2.15. The molecule has 0 saturated heterocycles. The normalized spacial score (nSPS) is 11.6. The number of amides is 1. The molecule has 0 aliphatic carbocycles. The number of nitriles is 1. The summed E-state index contributed by atoms with van der Waals surface area (Å²) in [5.74, 6) is -0.279. The van der Waals surface area contributed by atoms with Crippen LogP contribution in [0.4, 0.5) is 34.6 Å². The first-order valence-corrected chi connectivity index (χ1v) is 12.3. The van der Waals surface area contributed by atoms with Crippen LogP contribution in [0.1, 0.15) is 27.0 Å². The number of carbonyl (C=O) groups is 1. The van der Waals surface area contributed by atoms with E-state index >= 15 is 0 Å². The van der Waals surface area contributed by atoms with Crippen LogP contribution in [0.25, 0.3) is 22.4 Å². The molecule has 200 valence electrons. The maximum absolute atomic E-state index is 13.3. The maximum atomic E-state index is 13.3. The van der Waals surface area contributed by atoms with Gasteiger partial charge in [-0.3, -0.25) is 9.13 Å². The topological polar surface area (TPSA) is 121 Å². The van der Waals surface area contributed by atoms with Gasteiger partial charge in [0.25, 0.3) is 5.91 Å². The number of pyridine rings is 1. The van der Waals surface area contributed by atoms with Crippen LogP contribution in [-0.4, -0.2) is 30.2 Å². The highest BCUT2D eigenvalue weighted by molar-refractivity contribution is 7.30. The number of hydrogen-bond acceptors (Lipinski definition) is 7. The second-order valence-electron chi connectivity index (χ2n) is 8.47. The lowest BCUT2D eigenvalue weighted by molar-refractivity contribution is -0.137. The quantitative estimate of drug-likeness (QED) is 0.181. The van der Waals surface area contributed by atoms with Gasteiger partial charge >= 0.3 is 6.18 Å². The average Bonchev–Trinajstić information content (AvgIpc) is 3.38. The zero-order chi connectivity index (χ0) is 28.4. The number of hydrogen-bond donors (Lipinski definition) is 2. The smallest absolute Gasteiger partial charge is 0.339 e. The van der Waals surface area contributed by atoms with Crippen molar-refractivity contribution in [3.8, 4) is 17.3 Å². The van der Waals surface area contributed by atoms with Gasteiger partial charge in [0.1, 0.15) is 29.7 Å². The lowest BCUT2D eigenvalue weighted by atomic mass is 10.0. The van der Waals surface area contributed by atoms with Gasteiger partial charge in [-0.05, 0) is 55.0 Å². The molecular weight excluding hydrogens is 547 g/mol. The second-order valence-corrected chi connectivity index (χ2v) is 9.12. The number of nitrogens with zero attached hydrogens (tertiary/aromatic N) is 6. The zero-order valence-corrected chi connectivity index (χ0v) is 21.5. The van der Waals surface area contributed by atoms with Gasteiger partial charge in [0.2, 0.25) is 0 Å². The first-order chi connectivity index (χ1) is 19.2. The highest BCUT2D eigenvalue weighted by Crippen LogP contribution is 2.34. The van der Waals surface area contributed by atoms with Gasteiger partial charge in [0, 0.05) is 28.7 Å². The van der Waals surface area contributed by atoms with E-state index in [0.717, 1.165) is 17.7 Å². The Morgan fingerprint density at radius 1 is 1.07 bits per heavy atom. The molecule has 1 atom stereocenters. The summed E-state index contributed by atoms with van der Waals surface area (Å²) in [6.07, 6.45) is -0.484. The van der Waals surface area contributed by atoms with Crippen molar-refractivity contribution in [3.63, 3.8) is 0 Å². The van der Waals surface area contributed by atoms with Gasteiger partial charge in [-0.25, -0.2) is 24.1 Å². The summed E-state index contributed by atoms with van der Waals surface area (Å²) in [5.41, 5.74) is 1.60. The summed E-state index contributed by atoms with van der Waals surface area (Å²) in [5, 5.41) is 15.0. The molecule has 0 aliphatic rings. The molecule has 2 N–H and O–H groups in total. The lowest BCUT2D eigenvalue weighted by Crippen LogP contribution is -2.14. The molecule has 0 fully saturated rings. The number of aryl methyl sites for hydroxylation is 1. The summed E-state index contributed by atoms with van der Waals surface area (Å²) >= 11 is 0. The fourth-order valence-electron chi connectivity index (χ4n) is 3.98. The minimum Gasteiger partial charge on any atom is -0.339 e. The summed E-state index contributed by atoms with van der Waals surface area (Å²) < 4.78 is 54.0. The molecule has 0 spiro atoms. The Morgan fingerprint density at radius 2 is 1.90 bits per heavy atom. The molecule has 3 heterocycles. The van der Waals surface area contributed by atoms with Crippen molar-refractivity contribution in [2.24, 2.45) is 0 Å². The first-order valence-electron chi connectivity index (χ1n) is 11.5. The van der Waals surface area contributed by atoms with Crippen LogP contribution >= 0.6 is 9.04 Å². The number of imidazole rings is 1. The zero-order valence-electron chi connectivity index (χ0n) is 20.5. The van der Waals surface area contributed by atoms with Crippen LogP contribution in [0.3, 0.4) is 0 Å². The Bertz CT molecular complexity index is 1800. The molecular formula is C26H17F4N8OP. The molecule has 5 rings (SSSR count). The van der Waals surface area contributed by atoms with E-state index in [2.05, 4.69) is 30.6 Å². The van der Waals surface area contributed by atoms with Crippen molar-refractivity contribution < 1.29 is 22.2 Å². The monoisotopic (exact) mass is 564 g/mol. The van der Waals surface area contributed by atoms with Crippen molar-refractivity contribution in [3.05, 3.63) is 89.6 Å². The number of nitrogens with one attached hydrogen (secondary N) is 2. The molecule has 0 saturated carbocycles. The average molecular weight is 564 g/mol. The highest BCUT2D eigenvalue weighted by Gasteiger charge is 2.33. The van der Waals surface area contributed by atoms with Crippen LogP contribution < -0.4 is 10.6 Å². The van der Waals surface area contributed by atoms with Crippen molar-refractivity contribution >= 4 is 43.3 Å². The summed E-state index contributed by atoms with van der Waals surface area (Å²) in [7, 11) is -1.05. The molecule has 9 nitrogen and oxygen atoms in total. The fraction of sp³-hybridized carbons (Fsp3) is 0.0769. The first kappa shape index (κ1) is 26.6. The van der Waals surface area contributed by atoms with Gasteiger partial charge in [-0.1, -0.05) is 6.07 Å². The largest absolute Gasteiger partial charge is 0.417 e. The van der Waals surface area contributed by atoms with Crippen LogP contribution in [0.2, 0.25) is 0 Å². The second kappa shape index (κ2) is 10.7. The number of fused-ring (bicyclic) bond motifs is 1. The molecule has 0 radical (unpaired) electrons. The predicted octanol–water partition coefficient (Wildman–Crippen LogP) is 6.41. The summed E-state index contributed by atoms with van der Waals surface area (Å²) in [6, 6.07) is 12.6. The molecule has 3 aromatic heterocycles. The van der Waals surface area contributed by atoms with E-state index in [1.54, 1.807) is 36.5 Å². The van der Waals surface area contributed by atoms with Crippen molar-refractivity contribution in [2.75, 3.05) is 10.6 Å². The molecule has 14 heteroatoms. The third-order valence-corrected chi connectivity index (χ3v) is 6.45. The van der Waals surface area contributed by atoms with Gasteiger partial charge in [-0.15, -0.1) is 0 Å². The highest BCUT2D eigenvalue weighted by atomic mass is 31.1. The van der Waals surface area contributed by atoms with Gasteiger partial charge in [0.15, 0.2) is 14.7 Å². The summed E-state index contributed by atoms with van der Waals surface area (Å²) in [4.78, 5) is 29.9. The summed E-state index contributed by atoms with van der Waals surface area (Å²) in [6.45, 7) is 1.83. The molecule has 2 aromatic carbocycles. The molecule has 1 unspecified atom stereocenters. The molecule has 0 aliphatic heterocycles. The van der Waals surface area contributed by atoms with Gasteiger partial charge in [-0.2, -0.15) is 18.4 Å². The Morgan fingerprint density at radius 3 is 2.65 bits per heavy atom. The Hall–Kier alpha value is -4.95. The van der Waals surface area contributed by atoms with Gasteiger partial charge < -0.3 is 10.6 Å². The SMILES string of the molecule is Cc1ccc(NC(=O)c2ccc(C(F)(F)F)c(C#N)c2)cc1Nc1ncccc1-c1ncnc2c1ncn2PF. The van der Waals surface area contributed by atoms with Gasteiger partial charge in [0.05, 0.1) is 17.2 Å². The minimum absolute atomic E-state index is 0.104. The predicted molar refractivity (Wildman–Crippen MR) is 142 cm³/mol.